The van der Waals surface area contributed by atoms with Crippen LogP contribution in [0.25, 0.3) is 10.9 Å². The Morgan fingerprint density at radius 2 is 1.90 bits per heavy atom. The molecule has 1 aliphatic carbocycles. The van der Waals surface area contributed by atoms with E-state index < -0.39 is 0 Å². The minimum absolute atomic E-state index is 0.574. The summed E-state index contributed by atoms with van der Waals surface area (Å²) < 4.78 is 12.9. The predicted molar refractivity (Wildman–Crippen MR) is 122 cm³/mol. The van der Waals surface area contributed by atoms with Crippen LogP contribution in [0.2, 0.25) is 0 Å². The Bertz CT molecular complexity index is 970. The molecule has 1 saturated carbocycles. The van der Waals surface area contributed by atoms with Crippen LogP contribution in [-0.2, 0) is 0 Å². The molecule has 5 heteroatoms. The molecule has 29 heavy (non-hydrogen) atoms. The molecule has 0 unspecified atom stereocenters. The van der Waals surface area contributed by atoms with Crippen molar-refractivity contribution in [1.29, 1.82) is 0 Å². The van der Waals surface area contributed by atoms with Gasteiger partial charge in [0.2, 0.25) is 5.88 Å². The van der Waals surface area contributed by atoms with Crippen molar-refractivity contribution in [3.8, 4) is 17.4 Å². The van der Waals surface area contributed by atoms with Crippen LogP contribution in [0.15, 0.2) is 53.0 Å². The number of rotatable bonds is 7. The molecule has 1 heterocycles. The summed E-state index contributed by atoms with van der Waals surface area (Å²) in [5, 5.41) is 4.41. The molecule has 1 aliphatic rings. The molecule has 4 rings (SSSR count). The molecule has 0 amide bonds. The average Bonchev–Trinajstić information content (AvgIpc) is 2.75. The zero-order valence-electron chi connectivity index (χ0n) is 16.8. The average molecular weight is 455 g/mol. The maximum atomic E-state index is 6.02. The number of nitrogens with zero attached hydrogens (tertiary/aromatic N) is 1. The monoisotopic (exact) mass is 454 g/mol. The summed E-state index contributed by atoms with van der Waals surface area (Å²) in [5.74, 6) is 2.86. The molecule has 3 aromatic rings. The lowest BCUT2D eigenvalue weighted by Crippen LogP contribution is -2.15. The van der Waals surface area contributed by atoms with E-state index in [9.17, 15) is 0 Å². The van der Waals surface area contributed by atoms with Crippen LogP contribution in [0.5, 0.6) is 17.4 Å². The summed E-state index contributed by atoms with van der Waals surface area (Å²) in [6.07, 6.45) is 6.60. The number of anilines is 1. The number of hydrogen-bond donors (Lipinski definition) is 1. The van der Waals surface area contributed by atoms with Crippen molar-refractivity contribution >= 4 is 32.5 Å². The minimum Gasteiger partial charge on any atom is -0.493 e. The van der Waals surface area contributed by atoms with Gasteiger partial charge in [0.1, 0.15) is 11.5 Å². The Labute approximate surface area is 180 Å². The number of pyridine rings is 1. The van der Waals surface area contributed by atoms with E-state index in [-0.39, 0.29) is 0 Å². The fraction of sp³-hybridized carbons (Fsp3) is 0.375. The van der Waals surface area contributed by atoms with Gasteiger partial charge in [-0.25, -0.2) is 4.98 Å². The Morgan fingerprint density at radius 1 is 1.03 bits per heavy atom. The molecule has 1 fully saturated rings. The van der Waals surface area contributed by atoms with Gasteiger partial charge in [0.25, 0.3) is 0 Å². The standard InChI is InChI=1S/C24H27BrN2O2/c1-2-26-19-9-11-22-18(14-19)8-13-24(27-22)29-23-12-10-20(15-21(23)25)28-16-17-6-4-3-5-7-17/h8-15,17,26H,2-7,16H2,1H3. The maximum absolute atomic E-state index is 6.02. The van der Waals surface area contributed by atoms with Crippen molar-refractivity contribution < 1.29 is 9.47 Å². The Hall–Kier alpha value is -2.27. The highest BCUT2D eigenvalue weighted by Gasteiger charge is 2.14. The minimum atomic E-state index is 0.574. The summed E-state index contributed by atoms with van der Waals surface area (Å²) in [4.78, 5) is 4.63. The summed E-state index contributed by atoms with van der Waals surface area (Å²) in [7, 11) is 0. The van der Waals surface area contributed by atoms with Gasteiger partial charge < -0.3 is 14.8 Å². The zero-order valence-corrected chi connectivity index (χ0v) is 18.4. The SMILES string of the molecule is CCNc1ccc2nc(Oc3ccc(OCC4CCCCC4)cc3Br)ccc2c1. The summed E-state index contributed by atoms with van der Waals surface area (Å²) in [6, 6.07) is 16.0. The topological polar surface area (TPSA) is 43.4 Å². The summed E-state index contributed by atoms with van der Waals surface area (Å²) in [6.45, 7) is 3.78. The lowest BCUT2D eigenvalue weighted by molar-refractivity contribution is 0.208. The van der Waals surface area contributed by atoms with Crippen molar-refractivity contribution in [1.82, 2.24) is 4.98 Å². The highest BCUT2D eigenvalue weighted by Crippen LogP contribution is 2.33. The Kier molecular flexibility index (Phi) is 6.55. The van der Waals surface area contributed by atoms with Gasteiger partial charge in [-0.05, 0) is 84.1 Å². The van der Waals surface area contributed by atoms with E-state index in [2.05, 4.69) is 39.2 Å². The van der Waals surface area contributed by atoms with Crippen LogP contribution in [-0.4, -0.2) is 18.1 Å². The molecule has 0 saturated heterocycles. The lowest BCUT2D eigenvalue weighted by Gasteiger charge is -2.21. The van der Waals surface area contributed by atoms with E-state index >= 15 is 0 Å². The molecular weight excluding hydrogens is 428 g/mol. The highest BCUT2D eigenvalue weighted by atomic mass is 79.9. The number of fused-ring (bicyclic) bond motifs is 1. The maximum Gasteiger partial charge on any atom is 0.219 e. The Morgan fingerprint density at radius 3 is 2.69 bits per heavy atom. The second-order valence-electron chi connectivity index (χ2n) is 7.60. The largest absolute Gasteiger partial charge is 0.493 e. The second-order valence-corrected chi connectivity index (χ2v) is 8.45. The van der Waals surface area contributed by atoms with Crippen molar-refractivity contribution in [2.24, 2.45) is 5.92 Å². The van der Waals surface area contributed by atoms with Gasteiger partial charge >= 0.3 is 0 Å². The van der Waals surface area contributed by atoms with Crippen LogP contribution >= 0.6 is 15.9 Å². The van der Waals surface area contributed by atoms with Gasteiger partial charge in [0.05, 0.1) is 16.6 Å². The van der Waals surface area contributed by atoms with E-state index in [0.29, 0.717) is 11.8 Å². The van der Waals surface area contributed by atoms with Crippen molar-refractivity contribution in [2.75, 3.05) is 18.5 Å². The van der Waals surface area contributed by atoms with Crippen LogP contribution in [0, 0.1) is 5.92 Å². The molecule has 0 bridgehead atoms. The molecule has 0 aliphatic heterocycles. The Balaban J connectivity index is 1.42. The highest BCUT2D eigenvalue weighted by molar-refractivity contribution is 9.10. The van der Waals surface area contributed by atoms with Gasteiger partial charge in [-0.3, -0.25) is 0 Å². The van der Waals surface area contributed by atoms with Crippen LogP contribution in [0.4, 0.5) is 5.69 Å². The normalized spacial score (nSPS) is 14.7. The van der Waals surface area contributed by atoms with Crippen molar-refractivity contribution in [3.05, 3.63) is 53.0 Å². The third kappa shape index (κ3) is 5.21. The van der Waals surface area contributed by atoms with Gasteiger partial charge in [-0.2, -0.15) is 0 Å². The number of aromatic nitrogens is 1. The first-order valence-corrected chi connectivity index (χ1v) is 11.3. The predicted octanol–water partition coefficient (Wildman–Crippen LogP) is 7.18. The zero-order chi connectivity index (χ0) is 20.1. The second kappa shape index (κ2) is 9.49. The van der Waals surface area contributed by atoms with Gasteiger partial charge in [-0.15, -0.1) is 0 Å². The number of hydrogen-bond acceptors (Lipinski definition) is 4. The molecule has 2 aromatic carbocycles. The van der Waals surface area contributed by atoms with Crippen molar-refractivity contribution in [2.45, 2.75) is 39.0 Å². The summed E-state index contributed by atoms with van der Waals surface area (Å²) in [5.41, 5.74) is 2.01. The third-order valence-electron chi connectivity index (χ3n) is 5.37. The van der Waals surface area contributed by atoms with Crippen LogP contribution in [0.3, 0.4) is 0 Å². The number of halogens is 1. The molecule has 152 valence electrons. The van der Waals surface area contributed by atoms with Crippen LogP contribution < -0.4 is 14.8 Å². The van der Waals surface area contributed by atoms with E-state index in [0.717, 1.165) is 45.7 Å². The summed E-state index contributed by atoms with van der Waals surface area (Å²) >= 11 is 3.61. The number of benzene rings is 2. The molecule has 0 atom stereocenters. The third-order valence-corrected chi connectivity index (χ3v) is 5.99. The lowest BCUT2D eigenvalue weighted by atomic mass is 9.90. The van der Waals surface area contributed by atoms with E-state index in [1.807, 2.05) is 42.5 Å². The number of nitrogens with one attached hydrogen (secondary N) is 1. The first-order chi connectivity index (χ1) is 14.2. The first kappa shape index (κ1) is 20.0. The number of ether oxygens (including phenoxy) is 2. The quantitative estimate of drug-likeness (QED) is 0.410. The molecular formula is C24H27BrN2O2. The first-order valence-electron chi connectivity index (χ1n) is 10.5. The molecule has 0 radical (unpaired) electrons. The van der Waals surface area contributed by atoms with Gasteiger partial charge in [-0.1, -0.05) is 19.3 Å². The van der Waals surface area contributed by atoms with E-state index in [1.54, 1.807) is 0 Å². The van der Waals surface area contributed by atoms with Crippen LogP contribution in [0.1, 0.15) is 39.0 Å². The fourth-order valence-electron chi connectivity index (χ4n) is 3.81. The van der Waals surface area contributed by atoms with E-state index in [1.165, 1.54) is 32.1 Å². The molecule has 1 N–H and O–H groups in total. The van der Waals surface area contributed by atoms with Gasteiger partial charge in [0, 0.05) is 23.7 Å². The molecule has 4 nitrogen and oxygen atoms in total. The van der Waals surface area contributed by atoms with Crippen molar-refractivity contribution in [3.63, 3.8) is 0 Å². The molecule has 0 spiro atoms. The van der Waals surface area contributed by atoms with Gasteiger partial charge in [0.15, 0.2) is 0 Å². The van der Waals surface area contributed by atoms with E-state index in [4.69, 9.17) is 9.47 Å². The smallest absolute Gasteiger partial charge is 0.219 e. The molecule has 1 aromatic heterocycles. The fourth-order valence-corrected chi connectivity index (χ4v) is 4.25.